The zero-order valence-corrected chi connectivity index (χ0v) is 14.9. The molecule has 5 nitrogen and oxygen atoms in total. The number of anilines is 1. The third kappa shape index (κ3) is 4.00. The van der Waals surface area contributed by atoms with Crippen LogP contribution in [0.25, 0.3) is 0 Å². The number of likely N-dealkylation sites (tertiary alicyclic amines) is 1. The molecule has 5 heteroatoms. The van der Waals surface area contributed by atoms with Crippen LogP contribution in [0.4, 0.5) is 5.82 Å². The van der Waals surface area contributed by atoms with E-state index in [9.17, 15) is 5.26 Å². The number of hydrogen-bond donors (Lipinski definition) is 1. The van der Waals surface area contributed by atoms with Gasteiger partial charge in [-0.15, -0.1) is 5.10 Å². The van der Waals surface area contributed by atoms with Crippen LogP contribution in [0.2, 0.25) is 0 Å². The highest BCUT2D eigenvalue weighted by Crippen LogP contribution is 2.22. The Morgan fingerprint density at radius 2 is 1.87 bits per heavy atom. The van der Waals surface area contributed by atoms with Crippen molar-refractivity contribution in [3.63, 3.8) is 0 Å². The second-order valence-corrected chi connectivity index (χ2v) is 6.60. The van der Waals surface area contributed by atoms with Gasteiger partial charge in [-0.1, -0.05) is 27.7 Å². The molecule has 23 heavy (non-hydrogen) atoms. The Kier molecular flexibility index (Phi) is 6.35. The lowest BCUT2D eigenvalue weighted by molar-refractivity contribution is 0.201. The predicted molar refractivity (Wildman–Crippen MR) is 93.4 cm³/mol. The van der Waals surface area contributed by atoms with Gasteiger partial charge in [0.25, 0.3) is 0 Å². The molecule has 1 saturated heterocycles. The van der Waals surface area contributed by atoms with Crippen molar-refractivity contribution in [1.29, 1.82) is 5.26 Å². The largest absolute Gasteiger partial charge is 0.366 e. The molecule has 1 aliphatic heterocycles. The van der Waals surface area contributed by atoms with E-state index >= 15 is 0 Å². The lowest BCUT2D eigenvalue weighted by Crippen LogP contribution is -2.42. The molecule has 126 valence electrons. The SMILES string of the molecule is CCc1nnc(NCC(C(C)C)N2CCCC2)c(C#N)c1CC. The summed E-state index contributed by atoms with van der Waals surface area (Å²) >= 11 is 0. The maximum absolute atomic E-state index is 9.57. The van der Waals surface area contributed by atoms with Crippen molar-refractivity contribution >= 4 is 5.82 Å². The number of nitriles is 1. The van der Waals surface area contributed by atoms with Gasteiger partial charge in [-0.05, 0) is 50.3 Å². The van der Waals surface area contributed by atoms with Gasteiger partial charge in [0, 0.05) is 12.6 Å². The van der Waals surface area contributed by atoms with Crippen LogP contribution < -0.4 is 5.32 Å². The Hall–Kier alpha value is -1.67. The third-order valence-corrected chi connectivity index (χ3v) is 4.82. The Balaban J connectivity index is 2.17. The van der Waals surface area contributed by atoms with Crippen molar-refractivity contribution in [2.45, 2.75) is 59.4 Å². The van der Waals surface area contributed by atoms with Gasteiger partial charge in [0.1, 0.15) is 11.6 Å². The van der Waals surface area contributed by atoms with Crippen LogP contribution in [0.5, 0.6) is 0 Å². The zero-order chi connectivity index (χ0) is 16.8. The first-order valence-electron chi connectivity index (χ1n) is 8.88. The number of rotatable bonds is 7. The van der Waals surface area contributed by atoms with Crippen LogP contribution in [0.3, 0.4) is 0 Å². The van der Waals surface area contributed by atoms with Crippen LogP contribution >= 0.6 is 0 Å². The molecule has 0 saturated carbocycles. The van der Waals surface area contributed by atoms with E-state index in [4.69, 9.17) is 0 Å². The van der Waals surface area contributed by atoms with Crippen LogP contribution in [-0.2, 0) is 12.8 Å². The average molecular weight is 315 g/mol. The first-order chi connectivity index (χ1) is 11.1. The molecular weight excluding hydrogens is 286 g/mol. The monoisotopic (exact) mass is 315 g/mol. The Morgan fingerprint density at radius 3 is 2.39 bits per heavy atom. The molecule has 1 aliphatic rings. The second-order valence-electron chi connectivity index (χ2n) is 6.60. The summed E-state index contributed by atoms with van der Waals surface area (Å²) < 4.78 is 0. The number of nitrogens with one attached hydrogen (secondary N) is 1. The van der Waals surface area contributed by atoms with E-state index in [0.717, 1.165) is 30.6 Å². The standard InChI is InChI=1S/C18H29N5/c1-5-14-15(11-19)18(22-21-16(14)6-2)20-12-17(13(3)4)23-9-7-8-10-23/h13,17H,5-10,12H2,1-4H3,(H,20,22). The molecule has 1 unspecified atom stereocenters. The van der Waals surface area contributed by atoms with E-state index in [1.807, 2.05) is 0 Å². The van der Waals surface area contributed by atoms with E-state index in [-0.39, 0.29) is 0 Å². The topological polar surface area (TPSA) is 64.8 Å². The Bertz CT molecular complexity index is 555. The first-order valence-corrected chi connectivity index (χ1v) is 8.88. The van der Waals surface area contributed by atoms with Gasteiger partial charge in [-0.25, -0.2) is 0 Å². The summed E-state index contributed by atoms with van der Waals surface area (Å²) in [7, 11) is 0. The van der Waals surface area contributed by atoms with E-state index in [2.05, 4.69) is 54.2 Å². The minimum atomic E-state index is 0.474. The van der Waals surface area contributed by atoms with Crippen molar-refractivity contribution in [2.24, 2.45) is 5.92 Å². The molecule has 0 amide bonds. The molecule has 2 heterocycles. The molecule has 1 aromatic heterocycles. The van der Waals surface area contributed by atoms with Gasteiger partial charge in [0.15, 0.2) is 5.82 Å². The molecule has 0 bridgehead atoms. The highest BCUT2D eigenvalue weighted by Gasteiger charge is 2.25. The molecule has 0 aliphatic carbocycles. The summed E-state index contributed by atoms with van der Waals surface area (Å²) in [6.07, 6.45) is 4.21. The summed E-state index contributed by atoms with van der Waals surface area (Å²) in [6.45, 7) is 11.8. The van der Waals surface area contributed by atoms with Crippen molar-refractivity contribution < 1.29 is 0 Å². The van der Waals surface area contributed by atoms with E-state index in [1.54, 1.807) is 0 Å². The fourth-order valence-electron chi connectivity index (χ4n) is 3.48. The number of hydrogen-bond acceptors (Lipinski definition) is 5. The molecule has 0 spiro atoms. The van der Waals surface area contributed by atoms with Crippen LogP contribution in [0, 0.1) is 17.2 Å². The summed E-state index contributed by atoms with van der Waals surface area (Å²) in [5.41, 5.74) is 2.65. The molecular formula is C18H29N5. The zero-order valence-electron chi connectivity index (χ0n) is 14.9. The molecule has 1 fully saturated rings. The lowest BCUT2D eigenvalue weighted by Gasteiger charge is -2.31. The fourth-order valence-corrected chi connectivity index (χ4v) is 3.48. The van der Waals surface area contributed by atoms with Crippen LogP contribution in [0.15, 0.2) is 0 Å². The summed E-state index contributed by atoms with van der Waals surface area (Å²) in [5.74, 6) is 1.21. The summed E-state index contributed by atoms with van der Waals surface area (Å²) in [6, 6.07) is 2.81. The molecule has 1 aromatic rings. The average Bonchev–Trinajstić information content (AvgIpc) is 3.07. The maximum Gasteiger partial charge on any atom is 0.167 e. The highest BCUT2D eigenvalue weighted by molar-refractivity contribution is 5.56. The summed E-state index contributed by atoms with van der Waals surface area (Å²) in [4.78, 5) is 2.55. The number of aromatic nitrogens is 2. The number of nitrogens with zero attached hydrogens (tertiary/aromatic N) is 4. The summed E-state index contributed by atoms with van der Waals surface area (Å²) in [5, 5.41) is 21.6. The molecule has 1 N–H and O–H groups in total. The quantitative estimate of drug-likeness (QED) is 0.838. The minimum Gasteiger partial charge on any atom is -0.366 e. The van der Waals surface area contributed by atoms with E-state index < -0.39 is 0 Å². The van der Waals surface area contributed by atoms with Crippen molar-refractivity contribution in [3.05, 3.63) is 16.8 Å². The first kappa shape index (κ1) is 17.7. The molecule has 0 radical (unpaired) electrons. The molecule has 0 aromatic carbocycles. The smallest absolute Gasteiger partial charge is 0.167 e. The molecule has 2 rings (SSSR count). The van der Waals surface area contributed by atoms with Crippen LogP contribution in [-0.4, -0.2) is 40.8 Å². The van der Waals surface area contributed by atoms with Crippen molar-refractivity contribution in [2.75, 3.05) is 25.0 Å². The maximum atomic E-state index is 9.57. The van der Waals surface area contributed by atoms with E-state index in [0.29, 0.717) is 23.3 Å². The second kappa shape index (κ2) is 8.26. The van der Waals surface area contributed by atoms with Gasteiger partial charge in [0.2, 0.25) is 0 Å². The lowest BCUT2D eigenvalue weighted by atomic mass is 10.0. The van der Waals surface area contributed by atoms with Gasteiger partial charge in [-0.2, -0.15) is 10.4 Å². The van der Waals surface area contributed by atoms with Gasteiger partial charge in [-0.3, -0.25) is 4.90 Å². The molecule has 1 atom stereocenters. The van der Waals surface area contributed by atoms with Gasteiger partial charge >= 0.3 is 0 Å². The third-order valence-electron chi connectivity index (χ3n) is 4.82. The highest BCUT2D eigenvalue weighted by atomic mass is 15.2. The normalized spacial score (nSPS) is 16.5. The van der Waals surface area contributed by atoms with Crippen molar-refractivity contribution in [3.8, 4) is 6.07 Å². The predicted octanol–water partition coefficient (Wildman–Crippen LogP) is 3.01. The number of aryl methyl sites for hydroxylation is 1. The fraction of sp³-hybridized carbons (Fsp3) is 0.722. The van der Waals surface area contributed by atoms with Crippen LogP contribution in [0.1, 0.15) is 57.4 Å². The Labute approximate surface area is 140 Å². The van der Waals surface area contributed by atoms with Gasteiger partial charge < -0.3 is 5.32 Å². The minimum absolute atomic E-state index is 0.474. The Morgan fingerprint density at radius 1 is 1.17 bits per heavy atom. The van der Waals surface area contributed by atoms with Gasteiger partial charge in [0.05, 0.1) is 5.69 Å². The van der Waals surface area contributed by atoms with E-state index in [1.165, 1.54) is 25.9 Å². The van der Waals surface area contributed by atoms with Crippen molar-refractivity contribution in [1.82, 2.24) is 15.1 Å².